The summed E-state index contributed by atoms with van der Waals surface area (Å²) >= 11 is 0. The summed E-state index contributed by atoms with van der Waals surface area (Å²) < 4.78 is 11.7. The van der Waals surface area contributed by atoms with Crippen molar-refractivity contribution in [3.05, 3.63) is 42.5 Å². The van der Waals surface area contributed by atoms with Gasteiger partial charge in [-0.15, -0.1) is 0 Å². The molecule has 2 aromatic carbocycles. The van der Waals surface area contributed by atoms with E-state index in [4.69, 9.17) is 10.7 Å². The number of hydrogen-bond acceptors (Lipinski definition) is 1. The van der Waals surface area contributed by atoms with Crippen molar-refractivity contribution < 1.29 is 4.21 Å². The normalized spacial score (nSPS) is 15.2. The van der Waals surface area contributed by atoms with Crippen molar-refractivity contribution in [3.8, 4) is 0 Å². The molecular weight excluding hydrogens is 216 g/mol. The van der Waals surface area contributed by atoms with Crippen LogP contribution < -0.4 is 0 Å². The molecule has 0 aromatic heterocycles. The molecule has 0 fully saturated rings. The van der Waals surface area contributed by atoms with Gasteiger partial charge in [0.1, 0.15) is 0 Å². The second-order valence-corrected chi connectivity index (χ2v) is 6.20. The Morgan fingerprint density at radius 2 is 1.71 bits per heavy atom. The highest BCUT2D eigenvalue weighted by atomic mass is 35.7. The molecule has 2 aromatic rings. The number of benzene rings is 2. The predicted molar refractivity (Wildman–Crippen MR) is 63.3 cm³/mol. The number of hydrogen-bond donors (Lipinski definition) is 0. The molecular formula is C11H9ClOS. The van der Waals surface area contributed by atoms with Gasteiger partial charge in [-0.25, -0.2) is 4.21 Å². The zero-order chi connectivity index (χ0) is 10.2. The van der Waals surface area contributed by atoms with Crippen LogP contribution in [-0.4, -0.2) is 10.1 Å². The second kappa shape index (κ2) is 3.30. The molecule has 0 aliphatic heterocycles. The molecule has 1 unspecified atom stereocenters. The number of rotatable bonds is 1. The fourth-order valence-corrected chi connectivity index (χ4v) is 2.66. The first kappa shape index (κ1) is 9.56. The van der Waals surface area contributed by atoms with E-state index in [0.29, 0.717) is 4.90 Å². The topological polar surface area (TPSA) is 17.1 Å². The van der Waals surface area contributed by atoms with Gasteiger partial charge in [0.25, 0.3) is 0 Å². The molecule has 0 heterocycles. The second-order valence-electron chi connectivity index (χ2n) is 3.07. The van der Waals surface area contributed by atoms with Crippen LogP contribution >= 0.6 is 10.7 Å². The Bertz CT molecular complexity index is 567. The Hall–Kier alpha value is -0.990. The maximum atomic E-state index is 11.7. The van der Waals surface area contributed by atoms with Crippen LogP contribution in [0.1, 0.15) is 0 Å². The molecule has 0 radical (unpaired) electrons. The largest absolute Gasteiger partial charge is 0.247 e. The average molecular weight is 225 g/mol. The summed E-state index contributed by atoms with van der Waals surface area (Å²) in [5.41, 5.74) is 0. The van der Waals surface area contributed by atoms with Crippen LogP contribution in [0.2, 0.25) is 0 Å². The molecule has 0 amide bonds. The average Bonchev–Trinajstić information content (AvgIpc) is 2.15. The first-order chi connectivity index (χ1) is 6.59. The third kappa shape index (κ3) is 1.63. The highest BCUT2D eigenvalue weighted by Crippen LogP contribution is 2.25. The highest BCUT2D eigenvalue weighted by Gasteiger charge is 2.07. The Morgan fingerprint density at radius 3 is 2.43 bits per heavy atom. The molecule has 0 saturated heterocycles. The maximum absolute atomic E-state index is 11.7. The van der Waals surface area contributed by atoms with E-state index in [0.717, 1.165) is 10.8 Å². The van der Waals surface area contributed by atoms with Crippen LogP contribution in [0.5, 0.6) is 0 Å². The Kier molecular flexibility index (Phi) is 2.25. The van der Waals surface area contributed by atoms with E-state index in [1.807, 2.05) is 36.4 Å². The van der Waals surface area contributed by atoms with Gasteiger partial charge >= 0.3 is 0 Å². The summed E-state index contributed by atoms with van der Waals surface area (Å²) in [7, 11) is 3.10. The molecule has 0 N–H and O–H groups in total. The summed E-state index contributed by atoms with van der Waals surface area (Å²) in [6.45, 7) is 0. The van der Waals surface area contributed by atoms with Crippen molar-refractivity contribution in [2.24, 2.45) is 0 Å². The highest BCUT2D eigenvalue weighted by molar-refractivity contribution is 8.21. The van der Waals surface area contributed by atoms with Gasteiger partial charge in [-0.05, 0) is 33.4 Å². The lowest BCUT2D eigenvalue weighted by atomic mass is 10.1. The summed E-state index contributed by atoms with van der Waals surface area (Å²) in [6.07, 6.45) is 0. The molecule has 0 aliphatic rings. The standard InChI is InChI=1S/C11H9ClOS/c1-14(12,13)11-8-4-6-9-5-2-3-7-10(9)11/h2-8H,1H2. The van der Waals surface area contributed by atoms with Crippen LogP contribution in [0.15, 0.2) is 47.4 Å². The third-order valence-electron chi connectivity index (χ3n) is 2.08. The zero-order valence-corrected chi connectivity index (χ0v) is 9.02. The van der Waals surface area contributed by atoms with Crippen LogP contribution in [0.25, 0.3) is 10.8 Å². The third-order valence-corrected chi connectivity index (χ3v) is 3.59. The SMILES string of the molecule is C=S(=O)(Cl)c1cccc2ccccc12. The van der Waals surface area contributed by atoms with Gasteiger partial charge < -0.3 is 0 Å². The van der Waals surface area contributed by atoms with Crippen LogP contribution in [0.4, 0.5) is 0 Å². The zero-order valence-electron chi connectivity index (χ0n) is 7.44. The summed E-state index contributed by atoms with van der Waals surface area (Å²) in [5.74, 6) is 3.48. The first-order valence-corrected chi connectivity index (χ1v) is 6.69. The van der Waals surface area contributed by atoms with E-state index < -0.39 is 8.74 Å². The molecule has 0 spiro atoms. The van der Waals surface area contributed by atoms with Crippen molar-refractivity contribution >= 4 is 36.1 Å². The monoisotopic (exact) mass is 224 g/mol. The molecule has 3 heteroatoms. The lowest BCUT2D eigenvalue weighted by Crippen LogP contribution is -1.91. The fourth-order valence-electron chi connectivity index (χ4n) is 1.46. The molecule has 0 saturated carbocycles. The smallest absolute Gasteiger partial charge is 0.0766 e. The van der Waals surface area contributed by atoms with Gasteiger partial charge in [0.15, 0.2) is 0 Å². The van der Waals surface area contributed by atoms with Crippen LogP contribution in [0.3, 0.4) is 0 Å². The first-order valence-electron chi connectivity index (χ1n) is 4.14. The van der Waals surface area contributed by atoms with Gasteiger partial charge in [0, 0.05) is 0 Å². The van der Waals surface area contributed by atoms with Crippen molar-refractivity contribution in [1.82, 2.24) is 0 Å². The van der Waals surface area contributed by atoms with Crippen LogP contribution in [0, 0.1) is 0 Å². The predicted octanol–water partition coefficient (Wildman–Crippen LogP) is 3.07. The minimum absolute atomic E-state index is 0.609. The Balaban J connectivity index is 2.92. The van der Waals surface area contributed by atoms with E-state index in [2.05, 4.69) is 5.87 Å². The molecule has 72 valence electrons. The van der Waals surface area contributed by atoms with E-state index in [-0.39, 0.29) is 0 Å². The summed E-state index contributed by atoms with van der Waals surface area (Å²) in [4.78, 5) is 0.609. The van der Waals surface area contributed by atoms with E-state index in [9.17, 15) is 4.21 Å². The quantitative estimate of drug-likeness (QED) is 0.538. The summed E-state index contributed by atoms with van der Waals surface area (Å²) in [5, 5.41) is 1.94. The molecule has 1 atom stereocenters. The van der Waals surface area contributed by atoms with Crippen molar-refractivity contribution in [3.63, 3.8) is 0 Å². The molecule has 0 bridgehead atoms. The number of halogens is 1. The van der Waals surface area contributed by atoms with Gasteiger partial charge in [-0.2, -0.15) is 0 Å². The van der Waals surface area contributed by atoms with E-state index in [1.54, 1.807) is 6.07 Å². The molecule has 1 nitrogen and oxygen atoms in total. The van der Waals surface area contributed by atoms with Crippen LogP contribution in [-0.2, 0) is 8.74 Å². The van der Waals surface area contributed by atoms with E-state index >= 15 is 0 Å². The van der Waals surface area contributed by atoms with Gasteiger partial charge in [-0.3, -0.25) is 0 Å². The Labute approximate surface area is 87.8 Å². The van der Waals surface area contributed by atoms with Crippen molar-refractivity contribution in [1.29, 1.82) is 0 Å². The fraction of sp³-hybridized carbons (Fsp3) is 0. The maximum Gasteiger partial charge on any atom is 0.0766 e. The van der Waals surface area contributed by atoms with Crippen molar-refractivity contribution in [2.45, 2.75) is 4.90 Å². The summed E-state index contributed by atoms with van der Waals surface area (Å²) in [6, 6.07) is 13.2. The van der Waals surface area contributed by atoms with Gasteiger partial charge in [0.05, 0.1) is 13.6 Å². The Morgan fingerprint density at radius 1 is 1.07 bits per heavy atom. The lowest BCUT2D eigenvalue weighted by molar-refractivity contribution is 0.690. The molecule has 2 rings (SSSR count). The van der Waals surface area contributed by atoms with E-state index in [1.165, 1.54) is 0 Å². The van der Waals surface area contributed by atoms with Crippen molar-refractivity contribution in [2.75, 3.05) is 0 Å². The molecule has 14 heavy (non-hydrogen) atoms. The number of fused-ring (bicyclic) bond motifs is 1. The van der Waals surface area contributed by atoms with Gasteiger partial charge in [0.2, 0.25) is 0 Å². The lowest BCUT2D eigenvalue weighted by Gasteiger charge is -2.05. The molecule has 0 aliphatic carbocycles. The minimum atomic E-state index is -2.66. The minimum Gasteiger partial charge on any atom is -0.247 e. The van der Waals surface area contributed by atoms with Gasteiger partial charge in [-0.1, -0.05) is 36.4 Å².